The molecule has 0 fully saturated rings. The molecule has 372 valence electrons. The fourth-order valence-electron chi connectivity index (χ4n) is 10.5. The molecule has 0 radical (unpaired) electrons. The highest BCUT2D eigenvalue weighted by Gasteiger charge is 2.21. The van der Waals surface area contributed by atoms with Crippen molar-refractivity contribution in [2.45, 2.75) is 71.4 Å². The molecule has 0 aromatic heterocycles. The molecule has 6 aromatic rings. The van der Waals surface area contributed by atoms with Crippen LogP contribution in [0.3, 0.4) is 0 Å². The lowest BCUT2D eigenvalue weighted by molar-refractivity contribution is 0.312. The van der Waals surface area contributed by atoms with Gasteiger partial charge in [0, 0.05) is 97.5 Å². The third-order valence-electron chi connectivity index (χ3n) is 14.3. The molecule has 0 saturated heterocycles. The summed E-state index contributed by atoms with van der Waals surface area (Å²) in [5.74, 6) is 0.809. The molecule has 0 amide bonds. The standard InChI is InChI=1S/C11H15N.C10H12ClN.C10H12FN.C10H13NO.C10H13N.C9H10FN/c1-9-5-3-6-10-7-4-8-12(2)11(9)10;1-12-7-3-5-8-4-2-6-9(11)10(8)12;1-12-5-4-8-2-3-10(11)6-9(8)7-12;1-11-7-6-8-9(11)4-3-5-10(8)12-2;1-11-7-6-9-4-2-3-5-10(9)8-11;1-11-6-5-7-3-2-4-8(10)9(7)11/h3,5-6H,4,7-8H2,1-2H3;2,4,6H,3,5,7H2,1H3;2-3,6H,4-5,7H2,1H3;3-5H,6-7H2,1-2H3;2-5H,6-8H2,1H3;2-4H,5-6H2,1H3. The lowest BCUT2D eigenvalue weighted by Crippen LogP contribution is -2.26. The minimum atomic E-state index is -0.121. The summed E-state index contributed by atoms with van der Waals surface area (Å²) >= 11 is 6.10. The third-order valence-corrected chi connectivity index (χ3v) is 14.6. The molecule has 6 aliphatic heterocycles. The predicted octanol–water partition coefficient (Wildman–Crippen LogP) is 12.1. The van der Waals surface area contributed by atoms with Crippen LogP contribution < -0.4 is 24.3 Å². The van der Waals surface area contributed by atoms with Gasteiger partial charge in [0.05, 0.1) is 23.5 Å². The molecular weight excluding hydrogens is 894 g/mol. The third kappa shape index (κ3) is 13.4. The number of fused-ring (bicyclic) bond motifs is 6. The number of ether oxygens (including phenoxy) is 1. The van der Waals surface area contributed by atoms with E-state index in [0.717, 1.165) is 86.1 Å². The van der Waals surface area contributed by atoms with Crippen molar-refractivity contribution in [2.24, 2.45) is 0 Å². The van der Waals surface area contributed by atoms with E-state index < -0.39 is 0 Å². The zero-order valence-electron chi connectivity index (χ0n) is 43.0. The Bertz CT molecular complexity index is 2600. The summed E-state index contributed by atoms with van der Waals surface area (Å²) in [7, 11) is 14.3. The first-order chi connectivity index (χ1) is 33.8. The van der Waals surface area contributed by atoms with E-state index in [1.807, 2.05) is 48.3 Å². The lowest BCUT2D eigenvalue weighted by atomic mass is 9.99. The molecule has 6 aliphatic rings. The van der Waals surface area contributed by atoms with E-state index >= 15 is 0 Å². The largest absolute Gasteiger partial charge is 0.496 e. The molecule has 70 heavy (non-hydrogen) atoms. The number of halogens is 3. The molecule has 0 spiro atoms. The molecule has 0 N–H and O–H groups in total. The summed E-state index contributed by atoms with van der Waals surface area (Å²) in [6.07, 6.45) is 9.30. The number of hydrogen-bond donors (Lipinski definition) is 0. The molecule has 0 bridgehead atoms. The van der Waals surface area contributed by atoms with Crippen molar-refractivity contribution in [2.75, 3.05) is 108 Å². The van der Waals surface area contributed by atoms with Gasteiger partial charge in [0.25, 0.3) is 0 Å². The summed E-state index contributed by atoms with van der Waals surface area (Å²) in [5, 5.41) is 0.884. The second-order valence-electron chi connectivity index (χ2n) is 19.6. The average molecular weight is 970 g/mol. The summed E-state index contributed by atoms with van der Waals surface area (Å²) in [6.45, 7) is 10.9. The van der Waals surface area contributed by atoms with Crippen LogP contribution in [-0.2, 0) is 51.6 Å². The second kappa shape index (κ2) is 25.0. The fraction of sp³-hybridized carbons (Fsp3) is 0.400. The number of para-hydroxylation sites is 3. The Morgan fingerprint density at radius 1 is 0.457 bits per heavy atom. The van der Waals surface area contributed by atoms with Crippen LogP contribution in [0.2, 0.25) is 5.02 Å². The maximum atomic E-state index is 13.1. The Labute approximate surface area is 423 Å². The number of benzene rings is 6. The van der Waals surface area contributed by atoms with Gasteiger partial charge in [-0.05, 0) is 153 Å². The first-order valence-electron chi connectivity index (χ1n) is 25.2. The van der Waals surface area contributed by atoms with E-state index in [1.165, 1.54) is 107 Å². The molecule has 12 rings (SSSR count). The van der Waals surface area contributed by atoms with Gasteiger partial charge in [-0.1, -0.05) is 90.5 Å². The van der Waals surface area contributed by atoms with Gasteiger partial charge in [0.15, 0.2) is 0 Å². The monoisotopic (exact) mass is 969 g/mol. The predicted molar refractivity (Wildman–Crippen MR) is 292 cm³/mol. The first-order valence-corrected chi connectivity index (χ1v) is 25.5. The van der Waals surface area contributed by atoms with Gasteiger partial charge in [-0.2, -0.15) is 0 Å². The van der Waals surface area contributed by atoms with E-state index in [1.54, 1.807) is 25.3 Å². The normalized spacial score (nSPS) is 16.2. The Hall–Kier alpha value is -5.61. The number of anilines is 4. The van der Waals surface area contributed by atoms with Crippen molar-refractivity contribution in [1.82, 2.24) is 9.80 Å². The number of methoxy groups -OCH3 is 1. The number of rotatable bonds is 1. The molecule has 0 atom stereocenters. The van der Waals surface area contributed by atoms with Gasteiger partial charge in [-0.15, -0.1) is 0 Å². The Morgan fingerprint density at radius 2 is 0.986 bits per heavy atom. The highest BCUT2D eigenvalue weighted by atomic mass is 35.5. The smallest absolute Gasteiger partial charge is 0.146 e. The lowest BCUT2D eigenvalue weighted by Gasteiger charge is -2.29. The number of aryl methyl sites for hydroxylation is 3. The highest BCUT2D eigenvalue weighted by molar-refractivity contribution is 6.33. The molecule has 10 heteroatoms. The molecule has 6 aromatic carbocycles. The van der Waals surface area contributed by atoms with Gasteiger partial charge in [-0.25, -0.2) is 8.78 Å². The van der Waals surface area contributed by atoms with Crippen molar-refractivity contribution in [3.63, 3.8) is 0 Å². The minimum Gasteiger partial charge on any atom is -0.496 e. The van der Waals surface area contributed by atoms with Gasteiger partial charge < -0.3 is 34.1 Å². The molecule has 7 nitrogen and oxygen atoms in total. The van der Waals surface area contributed by atoms with Gasteiger partial charge in [0.1, 0.15) is 17.4 Å². The van der Waals surface area contributed by atoms with Gasteiger partial charge in [-0.3, -0.25) is 0 Å². The summed E-state index contributed by atoms with van der Waals surface area (Å²) < 4.78 is 31.2. The quantitative estimate of drug-likeness (QED) is 0.162. The zero-order chi connectivity index (χ0) is 49.7. The van der Waals surface area contributed by atoms with Crippen LogP contribution in [0.5, 0.6) is 5.75 Å². The number of nitrogens with zero attached hydrogens (tertiary/aromatic N) is 6. The van der Waals surface area contributed by atoms with Gasteiger partial charge in [0.2, 0.25) is 0 Å². The maximum absolute atomic E-state index is 13.1. The van der Waals surface area contributed by atoms with Crippen LogP contribution in [0.15, 0.2) is 115 Å². The van der Waals surface area contributed by atoms with Crippen molar-refractivity contribution >= 4 is 34.4 Å². The Kier molecular flexibility index (Phi) is 18.6. The van der Waals surface area contributed by atoms with Crippen molar-refractivity contribution in [3.8, 4) is 5.75 Å². The van der Waals surface area contributed by atoms with Crippen LogP contribution in [0.1, 0.15) is 62.9 Å². The summed E-state index contributed by atoms with van der Waals surface area (Å²) in [6, 6.07) is 38.0. The minimum absolute atomic E-state index is 0.0949. The Balaban J connectivity index is 0.000000124. The second-order valence-corrected chi connectivity index (χ2v) is 20.0. The fourth-order valence-corrected chi connectivity index (χ4v) is 10.9. The van der Waals surface area contributed by atoms with E-state index in [0.29, 0.717) is 0 Å². The van der Waals surface area contributed by atoms with E-state index in [4.69, 9.17) is 16.3 Å². The molecular formula is C60H75ClF2N6O. The summed E-state index contributed by atoms with van der Waals surface area (Å²) in [5.41, 5.74) is 17.1. The zero-order valence-corrected chi connectivity index (χ0v) is 43.8. The number of hydrogen-bond acceptors (Lipinski definition) is 7. The van der Waals surface area contributed by atoms with E-state index in [9.17, 15) is 8.78 Å². The summed E-state index contributed by atoms with van der Waals surface area (Å²) in [4.78, 5) is 13.4. The van der Waals surface area contributed by atoms with E-state index in [-0.39, 0.29) is 11.6 Å². The van der Waals surface area contributed by atoms with Crippen LogP contribution in [0, 0.1) is 18.6 Å². The maximum Gasteiger partial charge on any atom is 0.146 e. The van der Waals surface area contributed by atoms with Crippen LogP contribution in [0.25, 0.3) is 0 Å². The molecule has 0 saturated carbocycles. The highest BCUT2D eigenvalue weighted by Crippen LogP contribution is 2.35. The van der Waals surface area contributed by atoms with Crippen LogP contribution >= 0.6 is 11.6 Å². The number of likely N-dealkylation sites (N-methyl/N-ethyl adjacent to an activating group) is 4. The topological polar surface area (TPSA) is 28.7 Å². The first kappa shape index (κ1) is 52.2. The van der Waals surface area contributed by atoms with Crippen LogP contribution in [0.4, 0.5) is 31.5 Å². The average Bonchev–Trinajstić information content (AvgIpc) is 3.94. The van der Waals surface area contributed by atoms with Crippen molar-refractivity contribution in [3.05, 3.63) is 182 Å². The van der Waals surface area contributed by atoms with Gasteiger partial charge >= 0.3 is 0 Å². The molecule has 0 unspecified atom stereocenters. The van der Waals surface area contributed by atoms with Crippen LogP contribution in [-0.4, -0.2) is 98.5 Å². The molecule has 0 aliphatic carbocycles. The van der Waals surface area contributed by atoms with E-state index in [2.05, 4.69) is 121 Å². The SMILES string of the molecule is CN1CCCc2cccc(Cl)c21.CN1CCc2ccc(F)cc2C1.CN1CCc2cccc(F)c21.CN1CCc2ccccc2C1.COc1cccc2c1CCN2C.Cc1cccc2c1N(C)CCC2. The van der Waals surface area contributed by atoms with Crippen molar-refractivity contribution in [1.29, 1.82) is 0 Å². The molecule has 6 heterocycles. The Morgan fingerprint density at radius 3 is 1.64 bits per heavy atom. The van der Waals surface area contributed by atoms with Crippen molar-refractivity contribution < 1.29 is 13.5 Å².